The number of carbonyl (C=O) groups is 2. The van der Waals surface area contributed by atoms with E-state index < -0.39 is 0 Å². The highest BCUT2D eigenvalue weighted by atomic mass is 16.2. The molecule has 1 N–H and O–H groups in total. The van der Waals surface area contributed by atoms with E-state index in [4.69, 9.17) is 0 Å². The molecular weight excluding hydrogens is 192 g/mol. The first-order valence-electron chi connectivity index (χ1n) is 5.52. The molecule has 1 atom stereocenters. The average molecular weight is 212 g/mol. The Morgan fingerprint density at radius 1 is 1.40 bits per heavy atom. The number of ketones is 1. The summed E-state index contributed by atoms with van der Waals surface area (Å²) in [7, 11) is 2.09. The normalized spacial score (nSPS) is 21.6. The van der Waals surface area contributed by atoms with Crippen LogP contribution in [0.15, 0.2) is 0 Å². The van der Waals surface area contributed by atoms with Crippen LogP contribution in [-0.4, -0.2) is 43.3 Å². The van der Waals surface area contributed by atoms with Crippen LogP contribution in [0.2, 0.25) is 0 Å². The van der Waals surface area contributed by atoms with E-state index in [-0.39, 0.29) is 11.7 Å². The van der Waals surface area contributed by atoms with Crippen molar-refractivity contribution < 1.29 is 9.59 Å². The third kappa shape index (κ3) is 4.93. The standard InChI is InChI=1S/C11H20N2O2/c1-9(14)3-4-11(15)12-7-10-5-6-13(2)8-10/h10H,3-8H2,1-2H3,(H,12,15). The van der Waals surface area contributed by atoms with Gasteiger partial charge in [0.15, 0.2) is 0 Å². The van der Waals surface area contributed by atoms with Gasteiger partial charge < -0.3 is 15.0 Å². The summed E-state index contributed by atoms with van der Waals surface area (Å²) in [4.78, 5) is 24.2. The minimum Gasteiger partial charge on any atom is -0.356 e. The lowest BCUT2D eigenvalue weighted by Gasteiger charge is -2.11. The van der Waals surface area contributed by atoms with Gasteiger partial charge in [-0.2, -0.15) is 0 Å². The van der Waals surface area contributed by atoms with E-state index in [1.165, 1.54) is 6.92 Å². The van der Waals surface area contributed by atoms with Crippen LogP contribution in [0.5, 0.6) is 0 Å². The molecule has 4 heteroatoms. The second kappa shape index (κ2) is 5.85. The monoisotopic (exact) mass is 212 g/mol. The summed E-state index contributed by atoms with van der Waals surface area (Å²) < 4.78 is 0. The van der Waals surface area contributed by atoms with Crippen LogP contribution in [0.4, 0.5) is 0 Å². The van der Waals surface area contributed by atoms with Gasteiger partial charge in [0.25, 0.3) is 0 Å². The minimum absolute atomic E-state index is 0.000229. The summed E-state index contributed by atoms with van der Waals surface area (Å²) in [5, 5.41) is 2.88. The molecule has 4 nitrogen and oxygen atoms in total. The van der Waals surface area contributed by atoms with Crippen LogP contribution < -0.4 is 5.32 Å². The first-order chi connectivity index (χ1) is 7.08. The molecule has 1 rings (SSSR count). The summed E-state index contributed by atoms with van der Waals surface area (Å²) in [6.45, 7) is 4.45. The summed E-state index contributed by atoms with van der Waals surface area (Å²) in [5.41, 5.74) is 0. The van der Waals surface area contributed by atoms with E-state index >= 15 is 0 Å². The van der Waals surface area contributed by atoms with Crippen LogP contribution >= 0.6 is 0 Å². The number of amides is 1. The number of hydrogen-bond donors (Lipinski definition) is 1. The molecule has 15 heavy (non-hydrogen) atoms. The third-order valence-electron chi connectivity index (χ3n) is 2.78. The van der Waals surface area contributed by atoms with Crippen LogP contribution in [0, 0.1) is 5.92 Å². The highest BCUT2D eigenvalue weighted by Gasteiger charge is 2.19. The van der Waals surface area contributed by atoms with Crippen LogP contribution in [0.3, 0.4) is 0 Å². The molecule has 1 fully saturated rings. The number of carbonyl (C=O) groups excluding carboxylic acids is 2. The number of nitrogens with zero attached hydrogens (tertiary/aromatic N) is 1. The number of hydrogen-bond acceptors (Lipinski definition) is 3. The van der Waals surface area contributed by atoms with Crippen LogP contribution in [0.25, 0.3) is 0 Å². The van der Waals surface area contributed by atoms with Gasteiger partial charge in [-0.15, -0.1) is 0 Å². The number of rotatable bonds is 5. The van der Waals surface area contributed by atoms with Crippen molar-refractivity contribution in [3.8, 4) is 0 Å². The Morgan fingerprint density at radius 3 is 2.67 bits per heavy atom. The lowest BCUT2D eigenvalue weighted by molar-refractivity contribution is -0.124. The van der Waals surface area contributed by atoms with Crippen molar-refractivity contribution in [2.45, 2.75) is 26.2 Å². The minimum atomic E-state index is -0.000229. The van der Waals surface area contributed by atoms with Gasteiger partial charge in [0.05, 0.1) is 0 Å². The third-order valence-corrected chi connectivity index (χ3v) is 2.78. The zero-order chi connectivity index (χ0) is 11.3. The van der Waals surface area contributed by atoms with Crippen molar-refractivity contribution in [3.05, 3.63) is 0 Å². The first kappa shape index (κ1) is 12.2. The lowest BCUT2D eigenvalue weighted by atomic mass is 10.1. The van der Waals surface area contributed by atoms with Gasteiger partial charge in [0.1, 0.15) is 5.78 Å². The number of nitrogens with one attached hydrogen (secondary N) is 1. The summed E-state index contributed by atoms with van der Waals surface area (Å²) >= 11 is 0. The molecule has 1 saturated heterocycles. The Morgan fingerprint density at radius 2 is 2.13 bits per heavy atom. The van der Waals surface area contributed by atoms with E-state index in [9.17, 15) is 9.59 Å². The maximum Gasteiger partial charge on any atom is 0.220 e. The second-order valence-corrected chi connectivity index (χ2v) is 4.42. The molecule has 1 amide bonds. The molecule has 0 saturated carbocycles. The van der Waals surface area contributed by atoms with E-state index in [1.807, 2.05) is 0 Å². The van der Waals surface area contributed by atoms with Crippen LogP contribution in [0.1, 0.15) is 26.2 Å². The SMILES string of the molecule is CC(=O)CCC(=O)NCC1CCN(C)C1. The van der Waals surface area contributed by atoms with Crippen molar-refractivity contribution in [1.29, 1.82) is 0 Å². The highest BCUT2D eigenvalue weighted by molar-refractivity contribution is 5.83. The van der Waals surface area contributed by atoms with Crippen molar-refractivity contribution in [2.24, 2.45) is 5.92 Å². The molecule has 1 heterocycles. The van der Waals surface area contributed by atoms with Gasteiger partial charge in [-0.1, -0.05) is 0 Å². The first-order valence-corrected chi connectivity index (χ1v) is 5.52. The van der Waals surface area contributed by atoms with Crippen LogP contribution in [-0.2, 0) is 9.59 Å². The molecule has 0 aliphatic carbocycles. The molecule has 0 radical (unpaired) electrons. The smallest absolute Gasteiger partial charge is 0.220 e. The van der Waals surface area contributed by atoms with Gasteiger partial charge in [-0.25, -0.2) is 0 Å². The maximum absolute atomic E-state index is 11.3. The lowest BCUT2D eigenvalue weighted by Crippen LogP contribution is -2.30. The van der Waals surface area contributed by atoms with Crippen molar-refractivity contribution in [2.75, 3.05) is 26.7 Å². The Balaban J connectivity index is 2.09. The highest BCUT2D eigenvalue weighted by Crippen LogP contribution is 2.12. The van der Waals surface area contributed by atoms with Gasteiger partial charge in [0.2, 0.25) is 5.91 Å². The average Bonchev–Trinajstić information content (AvgIpc) is 2.58. The van der Waals surface area contributed by atoms with Crippen molar-refractivity contribution in [1.82, 2.24) is 10.2 Å². The molecule has 1 aliphatic heterocycles. The fourth-order valence-electron chi connectivity index (χ4n) is 1.83. The Bertz CT molecular complexity index is 241. The summed E-state index contributed by atoms with van der Waals surface area (Å²) in [6, 6.07) is 0. The molecular formula is C11H20N2O2. The topological polar surface area (TPSA) is 49.4 Å². The van der Waals surface area contributed by atoms with Gasteiger partial charge in [0, 0.05) is 25.9 Å². The fraction of sp³-hybridized carbons (Fsp3) is 0.818. The number of likely N-dealkylation sites (tertiary alicyclic amines) is 1. The van der Waals surface area contributed by atoms with E-state index in [0.717, 1.165) is 26.1 Å². The molecule has 0 spiro atoms. The zero-order valence-corrected chi connectivity index (χ0v) is 9.58. The molecule has 0 aromatic rings. The van der Waals surface area contributed by atoms with E-state index in [2.05, 4.69) is 17.3 Å². The molecule has 1 aliphatic rings. The van der Waals surface area contributed by atoms with Gasteiger partial charge in [-0.05, 0) is 32.9 Å². The summed E-state index contributed by atoms with van der Waals surface area (Å²) in [5.74, 6) is 0.654. The molecule has 86 valence electrons. The zero-order valence-electron chi connectivity index (χ0n) is 9.58. The van der Waals surface area contributed by atoms with Gasteiger partial charge >= 0.3 is 0 Å². The molecule has 0 aromatic heterocycles. The molecule has 1 unspecified atom stereocenters. The summed E-state index contributed by atoms with van der Waals surface area (Å²) in [6.07, 6.45) is 1.85. The van der Waals surface area contributed by atoms with Crippen molar-refractivity contribution in [3.63, 3.8) is 0 Å². The second-order valence-electron chi connectivity index (χ2n) is 4.42. The molecule has 0 bridgehead atoms. The maximum atomic E-state index is 11.3. The number of Topliss-reactive ketones (excluding diaryl/α,β-unsaturated/α-hetero) is 1. The predicted molar refractivity (Wildman–Crippen MR) is 58.5 cm³/mol. The Hall–Kier alpha value is -0.900. The molecule has 0 aromatic carbocycles. The van der Waals surface area contributed by atoms with E-state index in [0.29, 0.717) is 18.8 Å². The quantitative estimate of drug-likeness (QED) is 0.718. The van der Waals surface area contributed by atoms with E-state index in [1.54, 1.807) is 0 Å². The Labute approximate surface area is 91.0 Å². The van der Waals surface area contributed by atoms with Gasteiger partial charge in [-0.3, -0.25) is 4.79 Å². The predicted octanol–water partition coefficient (Wildman–Crippen LogP) is 0.424. The fourth-order valence-corrected chi connectivity index (χ4v) is 1.83. The Kier molecular flexibility index (Phi) is 4.75. The largest absolute Gasteiger partial charge is 0.356 e. The van der Waals surface area contributed by atoms with Crippen molar-refractivity contribution >= 4 is 11.7 Å².